The molecule has 114 valence electrons. The molecule has 0 heterocycles. The summed E-state index contributed by atoms with van der Waals surface area (Å²) < 4.78 is 4.90. The van der Waals surface area contributed by atoms with Crippen LogP contribution in [0.5, 0.6) is 0 Å². The fourth-order valence-electron chi connectivity index (χ4n) is 2.51. The molecule has 0 spiro atoms. The minimum absolute atomic E-state index is 0.341. The Morgan fingerprint density at radius 1 is 0.826 bits per heavy atom. The first kappa shape index (κ1) is 15.3. The van der Waals surface area contributed by atoms with Crippen LogP contribution in [-0.4, -0.2) is 13.1 Å². The average Bonchev–Trinajstić information content (AvgIpc) is 2.62. The molecule has 0 atom stereocenters. The second kappa shape index (κ2) is 6.67. The monoisotopic (exact) mass is 322 g/mol. The first-order valence-corrected chi connectivity index (χ1v) is 7.60. The van der Waals surface area contributed by atoms with E-state index in [0.29, 0.717) is 10.6 Å². The molecule has 2 nitrogen and oxygen atoms in total. The van der Waals surface area contributed by atoms with Crippen molar-refractivity contribution in [2.24, 2.45) is 0 Å². The second-order valence-electron chi connectivity index (χ2n) is 5.12. The van der Waals surface area contributed by atoms with Gasteiger partial charge in [-0.15, -0.1) is 0 Å². The normalized spacial score (nSPS) is 10.3. The number of ether oxygens (including phenoxy) is 1. The number of carbonyl (C=O) groups is 1. The molecule has 0 aliphatic rings. The van der Waals surface area contributed by atoms with Crippen LogP contribution in [-0.2, 0) is 4.74 Å². The van der Waals surface area contributed by atoms with Gasteiger partial charge >= 0.3 is 5.97 Å². The molecule has 23 heavy (non-hydrogen) atoms. The summed E-state index contributed by atoms with van der Waals surface area (Å²) >= 11 is 5.95. The topological polar surface area (TPSA) is 26.3 Å². The third-order valence-electron chi connectivity index (χ3n) is 3.69. The van der Waals surface area contributed by atoms with Crippen molar-refractivity contribution < 1.29 is 9.53 Å². The van der Waals surface area contributed by atoms with Gasteiger partial charge in [0.15, 0.2) is 0 Å². The summed E-state index contributed by atoms with van der Waals surface area (Å²) in [6, 6.07) is 23.2. The molecule has 0 radical (unpaired) electrons. The summed E-state index contributed by atoms with van der Waals surface area (Å²) in [6.07, 6.45) is 0. The van der Waals surface area contributed by atoms with Gasteiger partial charge in [0, 0.05) is 5.02 Å². The minimum atomic E-state index is -0.341. The van der Waals surface area contributed by atoms with Crippen molar-refractivity contribution in [3.05, 3.63) is 83.4 Å². The highest BCUT2D eigenvalue weighted by atomic mass is 35.5. The largest absolute Gasteiger partial charge is 0.465 e. The highest BCUT2D eigenvalue weighted by molar-refractivity contribution is 6.30. The van der Waals surface area contributed by atoms with E-state index in [4.69, 9.17) is 16.3 Å². The van der Waals surface area contributed by atoms with Crippen molar-refractivity contribution in [1.82, 2.24) is 0 Å². The molecule has 0 saturated heterocycles. The number of hydrogen-bond donors (Lipinski definition) is 0. The van der Waals surface area contributed by atoms with Crippen LogP contribution in [0.25, 0.3) is 22.3 Å². The van der Waals surface area contributed by atoms with Crippen molar-refractivity contribution in [2.75, 3.05) is 7.11 Å². The van der Waals surface area contributed by atoms with E-state index in [1.165, 1.54) is 7.11 Å². The van der Waals surface area contributed by atoms with Gasteiger partial charge < -0.3 is 4.74 Å². The standard InChI is InChI=1S/C20H15ClO2/c1-23-20(22)18-12-9-16(14-7-10-17(21)11-8-14)13-19(18)15-5-3-2-4-6-15/h2-13H,1H3. The summed E-state index contributed by atoms with van der Waals surface area (Å²) in [5.74, 6) is -0.341. The number of halogens is 1. The van der Waals surface area contributed by atoms with Crippen molar-refractivity contribution >= 4 is 17.6 Å². The van der Waals surface area contributed by atoms with Crippen molar-refractivity contribution in [1.29, 1.82) is 0 Å². The lowest BCUT2D eigenvalue weighted by atomic mass is 9.94. The zero-order chi connectivity index (χ0) is 16.2. The van der Waals surface area contributed by atoms with Gasteiger partial charge in [-0.1, -0.05) is 60.1 Å². The molecule has 0 aliphatic heterocycles. The molecular formula is C20H15ClO2. The van der Waals surface area contributed by atoms with E-state index in [2.05, 4.69) is 0 Å². The van der Waals surface area contributed by atoms with Gasteiger partial charge in [-0.05, 0) is 46.5 Å². The Morgan fingerprint density at radius 2 is 1.48 bits per heavy atom. The molecule has 0 amide bonds. The van der Waals surface area contributed by atoms with E-state index in [-0.39, 0.29) is 5.97 Å². The maximum Gasteiger partial charge on any atom is 0.338 e. The van der Waals surface area contributed by atoms with Gasteiger partial charge in [-0.2, -0.15) is 0 Å². The number of methoxy groups -OCH3 is 1. The third kappa shape index (κ3) is 3.27. The molecule has 0 bridgehead atoms. The number of carbonyl (C=O) groups excluding carboxylic acids is 1. The lowest BCUT2D eigenvalue weighted by Crippen LogP contribution is -2.03. The van der Waals surface area contributed by atoms with E-state index in [9.17, 15) is 4.79 Å². The molecule has 0 unspecified atom stereocenters. The zero-order valence-electron chi connectivity index (χ0n) is 12.6. The smallest absolute Gasteiger partial charge is 0.338 e. The number of esters is 1. The van der Waals surface area contributed by atoms with Crippen LogP contribution < -0.4 is 0 Å². The highest BCUT2D eigenvalue weighted by Crippen LogP contribution is 2.30. The van der Waals surface area contributed by atoms with Gasteiger partial charge in [0.1, 0.15) is 0 Å². The SMILES string of the molecule is COC(=O)c1ccc(-c2ccc(Cl)cc2)cc1-c1ccccc1. The van der Waals surface area contributed by atoms with Gasteiger partial charge in [0.25, 0.3) is 0 Å². The van der Waals surface area contributed by atoms with Crippen LogP contribution in [0.3, 0.4) is 0 Å². The Morgan fingerprint density at radius 3 is 2.13 bits per heavy atom. The predicted molar refractivity (Wildman–Crippen MR) is 93.7 cm³/mol. The lowest BCUT2D eigenvalue weighted by molar-refractivity contribution is 0.0601. The number of rotatable bonds is 3. The summed E-state index contributed by atoms with van der Waals surface area (Å²) in [5.41, 5.74) is 4.45. The molecule has 3 aromatic carbocycles. The van der Waals surface area contributed by atoms with Crippen LogP contribution in [0, 0.1) is 0 Å². The molecule has 3 heteroatoms. The van der Waals surface area contributed by atoms with Gasteiger partial charge in [0.05, 0.1) is 12.7 Å². The first-order valence-electron chi connectivity index (χ1n) is 7.23. The molecule has 0 fully saturated rings. The number of benzene rings is 3. The van der Waals surface area contributed by atoms with Crippen molar-refractivity contribution in [2.45, 2.75) is 0 Å². The summed E-state index contributed by atoms with van der Waals surface area (Å²) in [5, 5.41) is 0.697. The molecule has 0 saturated carbocycles. The highest BCUT2D eigenvalue weighted by Gasteiger charge is 2.14. The fraction of sp³-hybridized carbons (Fsp3) is 0.0500. The van der Waals surface area contributed by atoms with Crippen molar-refractivity contribution in [3.63, 3.8) is 0 Å². The molecular weight excluding hydrogens is 308 g/mol. The van der Waals surface area contributed by atoms with E-state index < -0.39 is 0 Å². The van der Waals surface area contributed by atoms with Crippen LogP contribution in [0.15, 0.2) is 72.8 Å². The van der Waals surface area contributed by atoms with E-state index in [0.717, 1.165) is 22.3 Å². The van der Waals surface area contributed by atoms with E-state index in [1.54, 1.807) is 6.07 Å². The fourth-order valence-corrected chi connectivity index (χ4v) is 2.64. The second-order valence-corrected chi connectivity index (χ2v) is 5.56. The van der Waals surface area contributed by atoms with E-state index >= 15 is 0 Å². The Kier molecular flexibility index (Phi) is 4.45. The molecule has 3 rings (SSSR count). The van der Waals surface area contributed by atoms with Gasteiger partial charge in [-0.3, -0.25) is 0 Å². The van der Waals surface area contributed by atoms with Crippen LogP contribution in [0.2, 0.25) is 5.02 Å². The van der Waals surface area contributed by atoms with Crippen LogP contribution in [0.1, 0.15) is 10.4 Å². The molecule has 3 aromatic rings. The third-order valence-corrected chi connectivity index (χ3v) is 3.94. The Balaban J connectivity index is 2.15. The van der Waals surface area contributed by atoms with Crippen LogP contribution in [0.4, 0.5) is 0 Å². The van der Waals surface area contributed by atoms with Gasteiger partial charge in [-0.25, -0.2) is 4.79 Å². The lowest BCUT2D eigenvalue weighted by Gasteiger charge is -2.11. The Bertz CT molecular complexity index is 824. The zero-order valence-corrected chi connectivity index (χ0v) is 13.4. The molecule has 0 aromatic heterocycles. The quantitative estimate of drug-likeness (QED) is 0.598. The Hall–Kier alpha value is -2.58. The van der Waals surface area contributed by atoms with Gasteiger partial charge in [0.2, 0.25) is 0 Å². The maximum atomic E-state index is 12.1. The Labute approximate surface area is 140 Å². The minimum Gasteiger partial charge on any atom is -0.465 e. The van der Waals surface area contributed by atoms with Crippen molar-refractivity contribution in [3.8, 4) is 22.3 Å². The molecule has 0 N–H and O–H groups in total. The summed E-state index contributed by atoms with van der Waals surface area (Å²) in [7, 11) is 1.39. The van der Waals surface area contributed by atoms with E-state index in [1.807, 2.05) is 66.7 Å². The van der Waals surface area contributed by atoms with Crippen LogP contribution >= 0.6 is 11.6 Å². The predicted octanol–water partition coefficient (Wildman–Crippen LogP) is 5.46. The average molecular weight is 323 g/mol. The molecule has 0 aliphatic carbocycles. The summed E-state index contributed by atoms with van der Waals surface area (Å²) in [4.78, 5) is 12.1. The summed E-state index contributed by atoms with van der Waals surface area (Å²) in [6.45, 7) is 0. The first-order chi connectivity index (χ1) is 11.2. The number of hydrogen-bond acceptors (Lipinski definition) is 2. The maximum absolute atomic E-state index is 12.1.